The maximum atomic E-state index is 11.1. The summed E-state index contributed by atoms with van der Waals surface area (Å²) in [7, 11) is 1.91. The lowest BCUT2D eigenvalue weighted by Crippen LogP contribution is -2.21. The molecule has 1 heterocycles. The lowest BCUT2D eigenvalue weighted by atomic mass is 10.2. The molecule has 2 N–H and O–H groups in total. The molecule has 1 aliphatic carbocycles. The van der Waals surface area contributed by atoms with Gasteiger partial charge in [-0.1, -0.05) is 0 Å². The topological polar surface area (TPSA) is 86.5 Å². The summed E-state index contributed by atoms with van der Waals surface area (Å²) in [5.74, 6) is -1.19. The number of H-pyrrole nitrogens is 1. The number of nitrogens with zero attached hydrogens (tertiary/aromatic N) is 1. The fourth-order valence-corrected chi connectivity index (χ4v) is 2.38. The number of aliphatic carboxylic acids is 1. The highest BCUT2D eigenvalue weighted by molar-refractivity contribution is 5.77. The maximum Gasteiger partial charge on any atom is 0.417 e. The first kappa shape index (κ1) is 11.8. The van der Waals surface area contributed by atoms with E-state index in [2.05, 4.69) is 4.98 Å². The average molecular weight is 262 g/mol. The van der Waals surface area contributed by atoms with Gasteiger partial charge >= 0.3 is 11.7 Å². The van der Waals surface area contributed by atoms with E-state index < -0.39 is 11.7 Å². The molecule has 0 bridgehead atoms. The van der Waals surface area contributed by atoms with Gasteiger partial charge in [-0.05, 0) is 24.5 Å². The molecule has 0 radical (unpaired) electrons. The van der Waals surface area contributed by atoms with Crippen LogP contribution >= 0.6 is 0 Å². The molecule has 6 heteroatoms. The summed E-state index contributed by atoms with van der Waals surface area (Å²) in [6.07, 6.45) is 0.737. The lowest BCUT2D eigenvalue weighted by molar-refractivity contribution is -0.138. The number of benzene rings is 1. The van der Waals surface area contributed by atoms with Gasteiger partial charge < -0.3 is 14.4 Å². The predicted molar refractivity (Wildman–Crippen MR) is 69.3 cm³/mol. The van der Waals surface area contributed by atoms with Gasteiger partial charge in [0.1, 0.15) is 0 Å². The van der Waals surface area contributed by atoms with Crippen LogP contribution in [-0.2, 0) is 4.79 Å². The van der Waals surface area contributed by atoms with E-state index in [1.807, 2.05) is 18.0 Å². The molecular weight excluding hydrogens is 248 g/mol. The Kier molecular flexibility index (Phi) is 2.58. The first-order valence-electron chi connectivity index (χ1n) is 6.11. The largest absolute Gasteiger partial charge is 0.481 e. The number of carbonyl (C=O) groups is 1. The zero-order chi connectivity index (χ0) is 13.6. The van der Waals surface area contributed by atoms with E-state index in [0.717, 1.165) is 12.1 Å². The molecular formula is C13H14N2O4. The summed E-state index contributed by atoms with van der Waals surface area (Å²) < 4.78 is 5.01. The van der Waals surface area contributed by atoms with Gasteiger partial charge in [0, 0.05) is 25.3 Å². The highest BCUT2D eigenvalue weighted by Crippen LogP contribution is 2.39. The van der Waals surface area contributed by atoms with Crippen molar-refractivity contribution in [3.05, 3.63) is 28.7 Å². The monoisotopic (exact) mass is 262 g/mol. The Labute approximate surface area is 108 Å². The Bertz CT molecular complexity index is 687. The smallest absolute Gasteiger partial charge is 0.417 e. The van der Waals surface area contributed by atoms with Crippen molar-refractivity contribution in [2.75, 3.05) is 18.5 Å². The van der Waals surface area contributed by atoms with Crippen molar-refractivity contribution in [2.45, 2.75) is 6.42 Å². The maximum absolute atomic E-state index is 11.1. The van der Waals surface area contributed by atoms with Gasteiger partial charge in [0.25, 0.3) is 0 Å². The van der Waals surface area contributed by atoms with E-state index in [4.69, 9.17) is 9.52 Å². The second-order valence-corrected chi connectivity index (χ2v) is 5.02. The Hall–Kier alpha value is -2.24. The number of anilines is 1. The van der Waals surface area contributed by atoms with Gasteiger partial charge in [0.2, 0.25) is 0 Å². The zero-order valence-electron chi connectivity index (χ0n) is 10.4. The van der Waals surface area contributed by atoms with E-state index in [0.29, 0.717) is 17.6 Å². The molecule has 2 aromatic rings. The Morgan fingerprint density at radius 2 is 2.37 bits per heavy atom. The Morgan fingerprint density at radius 3 is 3.05 bits per heavy atom. The predicted octanol–water partition coefficient (Wildman–Crippen LogP) is 1.28. The van der Waals surface area contributed by atoms with E-state index in [1.54, 1.807) is 12.1 Å². The van der Waals surface area contributed by atoms with Crippen LogP contribution in [0.15, 0.2) is 27.4 Å². The van der Waals surface area contributed by atoms with E-state index in [-0.39, 0.29) is 11.8 Å². The Balaban J connectivity index is 1.76. The first-order chi connectivity index (χ1) is 9.04. The fraction of sp³-hybridized carbons (Fsp3) is 0.385. The van der Waals surface area contributed by atoms with E-state index >= 15 is 0 Å². The summed E-state index contributed by atoms with van der Waals surface area (Å²) in [5, 5.41) is 8.88. The SMILES string of the molecule is CN(CC1CC1C(=O)O)c1ccc2[nH]c(=O)oc2c1. The van der Waals surface area contributed by atoms with Crippen LogP contribution in [0.25, 0.3) is 11.1 Å². The molecule has 1 aromatic carbocycles. The lowest BCUT2D eigenvalue weighted by Gasteiger charge is -2.18. The molecule has 1 aliphatic rings. The highest BCUT2D eigenvalue weighted by Gasteiger charge is 2.43. The standard InChI is InChI=1S/C13H14N2O4/c1-15(6-7-4-9(7)12(16)17)8-2-3-10-11(5-8)19-13(18)14-10/h2-3,5,7,9H,4,6H2,1H3,(H,14,18)(H,16,17). The van der Waals surface area contributed by atoms with Crippen molar-refractivity contribution >= 4 is 22.8 Å². The number of rotatable bonds is 4. The molecule has 19 heavy (non-hydrogen) atoms. The van der Waals surface area contributed by atoms with Crippen LogP contribution in [0.2, 0.25) is 0 Å². The number of hydrogen-bond donors (Lipinski definition) is 2. The third kappa shape index (κ3) is 2.21. The molecule has 0 spiro atoms. The molecule has 100 valence electrons. The average Bonchev–Trinajstić information content (AvgIpc) is 3.01. The van der Waals surface area contributed by atoms with Gasteiger partial charge in [0.15, 0.2) is 5.58 Å². The minimum Gasteiger partial charge on any atom is -0.481 e. The summed E-state index contributed by atoms with van der Waals surface area (Å²) in [6, 6.07) is 5.45. The molecule has 2 unspecified atom stereocenters. The van der Waals surface area contributed by atoms with Gasteiger partial charge in [0.05, 0.1) is 11.4 Å². The molecule has 0 amide bonds. The fourth-order valence-electron chi connectivity index (χ4n) is 2.38. The number of carboxylic acids is 1. The second kappa shape index (κ2) is 4.15. The quantitative estimate of drug-likeness (QED) is 0.866. The van der Waals surface area contributed by atoms with Crippen LogP contribution in [0.4, 0.5) is 5.69 Å². The van der Waals surface area contributed by atoms with Crippen molar-refractivity contribution in [2.24, 2.45) is 11.8 Å². The van der Waals surface area contributed by atoms with Crippen LogP contribution in [-0.4, -0.2) is 29.7 Å². The van der Waals surface area contributed by atoms with Crippen LogP contribution < -0.4 is 10.7 Å². The first-order valence-corrected chi connectivity index (χ1v) is 6.11. The van der Waals surface area contributed by atoms with Gasteiger partial charge in [-0.2, -0.15) is 0 Å². The molecule has 6 nitrogen and oxygen atoms in total. The third-order valence-corrected chi connectivity index (χ3v) is 3.59. The van der Waals surface area contributed by atoms with Crippen molar-refractivity contribution in [1.82, 2.24) is 4.98 Å². The number of hydrogen-bond acceptors (Lipinski definition) is 4. The van der Waals surface area contributed by atoms with E-state index in [9.17, 15) is 9.59 Å². The normalized spacial score (nSPS) is 21.5. The number of carboxylic acid groups (broad SMARTS) is 1. The molecule has 1 aromatic heterocycles. The molecule has 0 aliphatic heterocycles. The molecule has 1 saturated carbocycles. The summed E-state index contributed by atoms with van der Waals surface area (Å²) in [4.78, 5) is 26.4. The van der Waals surface area contributed by atoms with Crippen LogP contribution in [0.3, 0.4) is 0 Å². The summed E-state index contributed by atoms with van der Waals surface area (Å²) >= 11 is 0. The van der Waals surface area contributed by atoms with Gasteiger partial charge in [-0.25, -0.2) is 4.79 Å². The van der Waals surface area contributed by atoms with Crippen molar-refractivity contribution < 1.29 is 14.3 Å². The molecule has 2 atom stereocenters. The number of nitrogens with one attached hydrogen (secondary N) is 1. The third-order valence-electron chi connectivity index (χ3n) is 3.59. The van der Waals surface area contributed by atoms with Crippen LogP contribution in [0.5, 0.6) is 0 Å². The van der Waals surface area contributed by atoms with Crippen LogP contribution in [0, 0.1) is 11.8 Å². The minimum absolute atomic E-state index is 0.205. The van der Waals surface area contributed by atoms with Gasteiger partial charge in [-0.15, -0.1) is 0 Å². The van der Waals surface area contributed by atoms with Crippen molar-refractivity contribution in [1.29, 1.82) is 0 Å². The molecule has 0 saturated heterocycles. The van der Waals surface area contributed by atoms with Crippen molar-refractivity contribution in [3.8, 4) is 0 Å². The number of aromatic nitrogens is 1. The number of aromatic amines is 1. The molecule has 1 fully saturated rings. The highest BCUT2D eigenvalue weighted by atomic mass is 16.4. The summed E-state index contributed by atoms with van der Waals surface area (Å²) in [6.45, 7) is 0.692. The second-order valence-electron chi connectivity index (χ2n) is 5.02. The number of fused-ring (bicyclic) bond motifs is 1. The molecule has 3 rings (SSSR count). The van der Waals surface area contributed by atoms with Gasteiger partial charge in [-0.3, -0.25) is 9.78 Å². The van der Waals surface area contributed by atoms with E-state index in [1.165, 1.54) is 0 Å². The minimum atomic E-state index is -0.717. The Morgan fingerprint density at radius 1 is 1.58 bits per heavy atom. The summed E-state index contributed by atoms with van der Waals surface area (Å²) in [5.41, 5.74) is 2.09. The van der Waals surface area contributed by atoms with Crippen molar-refractivity contribution in [3.63, 3.8) is 0 Å². The van der Waals surface area contributed by atoms with Crippen LogP contribution in [0.1, 0.15) is 6.42 Å². The zero-order valence-corrected chi connectivity index (χ0v) is 10.4. The number of oxazole rings is 1.